The van der Waals surface area contributed by atoms with E-state index in [0.717, 1.165) is 21.6 Å². The summed E-state index contributed by atoms with van der Waals surface area (Å²) in [6, 6.07) is 26.3. The Morgan fingerprint density at radius 1 is 0.821 bits per heavy atom. The Morgan fingerprint density at radius 3 is 2.15 bits per heavy atom. The maximum absolute atomic E-state index is 12.7. The van der Waals surface area contributed by atoms with Crippen molar-refractivity contribution in [1.82, 2.24) is 0 Å². The van der Waals surface area contributed by atoms with Gasteiger partial charge in [0, 0.05) is 6.08 Å². The Hall–Kier alpha value is -5.17. The largest absolute Gasteiger partial charge is 0.493 e. The second kappa shape index (κ2) is 11.1. The summed E-state index contributed by atoms with van der Waals surface area (Å²) in [4.78, 5) is 38.8. The third-order valence-corrected chi connectivity index (χ3v) is 6.35. The molecule has 1 heterocycles. The molecular weight excluding hydrogens is 494 g/mol. The van der Waals surface area contributed by atoms with Crippen LogP contribution in [0.3, 0.4) is 0 Å². The normalized spacial score (nSPS) is 12.5. The zero-order valence-electron chi connectivity index (χ0n) is 21.4. The Labute approximate surface area is 225 Å². The molecule has 194 valence electrons. The van der Waals surface area contributed by atoms with Crippen LogP contribution in [0.4, 0.5) is 5.69 Å². The first-order valence-electron chi connectivity index (χ1n) is 12.3. The molecule has 39 heavy (non-hydrogen) atoms. The number of aryl methyl sites for hydroxylation is 1. The van der Waals surface area contributed by atoms with Crippen molar-refractivity contribution in [2.24, 2.45) is 0 Å². The molecule has 4 aromatic carbocycles. The minimum atomic E-state index is -0.581. The lowest BCUT2D eigenvalue weighted by atomic mass is 10.1. The number of methoxy groups -OCH3 is 1. The van der Waals surface area contributed by atoms with Crippen LogP contribution in [0, 0.1) is 6.92 Å². The third kappa shape index (κ3) is 5.43. The van der Waals surface area contributed by atoms with Gasteiger partial charge in [-0.2, -0.15) is 0 Å². The first-order valence-corrected chi connectivity index (χ1v) is 12.3. The molecule has 2 amide bonds. The molecule has 0 aliphatic carbocycles. The van der Waals surface area contributed by atoms with E-state index in [1.807, 2.05) is 37.3 Å². The van der Waals surface area contributed by atoms with E-state index in [-0.39, 0.29) is 17.6 Å². The predicted molar refractivity (Wildman–Crippen MR) is 147 cm³/mol. The van der Waals surface area contributed by atoms with Crippen molar-refractivity contribution in [3.05, 3.63) is 125 Å². The van der Waals surface area contributed by atoms with Crippen LogP contribution in [-0.2, 0) is 11.4 Å². The molecule has 0 saturated heterocycles. The number of anilines is 1. The number of hydrogen-bond acceptors (Lipinski definition) is 6. The maximum atomic E-state index is 12.7. The van der Waals surface area contributed by atoms with Gasteiger partial charge in [0.05, 0.1) is 23.9 Å². The summed E-state index contributed by atoms with van der Waals surface area (Å²) in [7, 11) is 1.56. The van der Waals surface area contributed by atoms with E-state index < -0.39 is 5.97 Å². The van der Waals surface area contributed by atoms with Gasteiger partial charge in [0.25, 0.3) is 11.8 Å². The first kappa shape index (κ1) is 25.5. The fraction of sp³-hybridized carbons (Fsp3) is 0.0938. The lowest BCUT2D eigenvalue weighted by Gasteiger charge is -2.14. The van der Waals surface area contributed by atoms with Crippen LogP contribution in [0.5, 0.6) is 17.2 Å². The van der Waals surface area contributed by atoms with E-state index in [1.54, 1.807) is 61.7 Å². The van der Waals surface area contributed by atoms with Crippen LogP contribution < -0.4 is 19.1 Å². The number of esters is 1. The van der Waals surface area contributed by atoms with Gasteiger partial charge in [-0.1, -0.05) is 42.5 Å². The molecule has 1 aliphatic heterocycles. The van der Waals surface area contributed by atoms with Crippen molar-refractivity contribution in [1.29, 1.82) is 0 Å². The smallest absolute Gasteiger partial charge is 0.336 e. The topological polar surface area (TPSA) is 82.1 Å². The third-order valence-electron chi connectivity index (χ3n) is 6.35. The van der Waals surface area contributed by atoms with Crippen LogP contribution in [0.1, 0.15) is 37.4 Å². The van der Waals surface area contributed by atoms with E-state index in [1.165, 1.54) is 18.2 Å². The zero-order valence-corrected chi connectivity index (χ0v) is 21.4. The van der Waals surface area contributed by atoms with E-state index >= 15 is 0 Å². The molecule has 7 heteroatoms. The van der Waals surface area contributed by atoms with Crippen molar-refractivity contribution < 1.29 is 28.6 Å². The van der Waals surface area contributed by atoms with Crippen molar-refractivity contribution in [2.75, 3.05) is 12.0 Å². The highest BCUT2D eigenvalue weighted by Crippen LogP contribution is 2.31. The number of carbonyl (C=O) groups is 3. The number of ether oxygens (including phenoxy) is 3. The van der Waals surface area contributed by atoms with E-state index in [4.69, 9.17) is 14.2 Å². The Morgan fingerprint density at radius 2 is 1.49 bits per heavy atom. The molecule has 0 atom stereocenters. The Kier molecular flexibility index (Phi) is 7.23. The summed E-state index contributed by atoms with van der Waals surface area (Å²) >= 11 is 0. The van der Waals surface area contributed by atoms with Crippen molar-refractivity contribution >= 4 is 29.5 Å². The summed E-state index contributed by atoms with van der Waals surface area (Å²) in [5.41, 5.74) is 4.09. The number of fused-ring (bicyclic) bond motifs is 1. The van der Waals surface area contributed by atoms with Crippen LogP contribution in [0.25, 0.3) is 6.08 Å². The van der Waals surface area contributed by atoms with Crippen LogP contribution in [0.15, 0.2) is 97.1 Å². The molecule has 0 aromatic heterocycles. The number of amides is 2. The average Bonchev–Trinajstić information content (AvgIpc) is 3.21. The fourth-order valence-electron chi connectivity index (χ4n) is 4.24. The van der Waals surface area contributed by atoms with E-state index in [0.29, 0.717) is 34.9 Å². The van der Waals surface area contributed by atoms with Gasteiger partial charge in [0.2, 0.25) is 0 Å². The second-order valence-corrected chi connectivity index (χ2v) is 8.87. The highest BCUT2D eigenvalue weighted by Gasteiger charge is 2.36. The summed E-state index contributed by atoms with van der Waals surface area (Å²) < 4.78 is 16.8. The SMILES string of the molecule is COc1cc(/C=C/C(=O)Oc2ccc(N3C(=O)c4ccccc4C3=O)cc2)ccc1OCc1ccccc1C. The van der Waals surface area contributed by atoms with Crippen molar-refractivity contribution in [3.8, 4) is 17.2 Å². The van der Waals surface area contributed by atoms with Gasteiger partial charge in [0.15, 0.2) is 11.5 Å². The van der Waals surface area contributed by atoms with Gasteiger partial charge in [-0.15, -0.1) is 0 Å². The standard InChI is InChI=1S/C32H25NO6/c1-21-7-3-4-8-23(21)20-38-28-17-11-22(19-29(28)37-2)12-18-30(34)39-25-15-13-24(14-16-25)33-31(35)26-9-5-6-10-27(26)32(33)36/h3-19H,20H2,1-2H3/b18-12+. The summed E-state index contributed by atoms with van der Waals surface area (Å²) in [6.07, 6.45) is 2.92. The number of hydrogen-bond donors (Lipinski definition) is 0. The average molecular weight is 520 g/mol. The second-order valence-electron chi connectivity index (χ2n) is 8.87. The van der Waals surface area contributed by atoms with E-state index in [9.17, 15) is 14.4 Å². The number of imide groups is 1. The molecule has 5 rings (SSSR count). The molecule has 0 unspecified atom stereocenters. The van der Waals surface area contributed by atoms with E-state index in [2.05, 4.69) is 0 Å². The summed E-state index contributed by atoms with van der Waals surface area (Å²) in [6.45, 7) is 2.45. The highest BCUT2D eigenvalue weighted by molar-refractivity contribution is 6.34. The molecule has 1 aliphatic rings. The van der Waals surface area contributed by atoms with Gasteiger partial charge < -0.3 is 14.2 Å². The molecule has 7 nitrogen and oxygen atoms in total. The van der Waals surface area contributed by atoms with Crippen LogP contribution >= 0.6 is 0 Å². The molecule has 0 spiro atoms. The van der Waals surface area contributed by atoms with Crippen LogP contribution in [-0.4, -0.2) is 24.9 Å². The Balaban J connectivity index is 1.20. The quantitative estimate of drug-likeness (QED) is 0.123. The molecular formula is C32H25NO6. The van der Waals surface area contributed by atoms with Gasteiger partial charge in [-0.25, -0.2) is 9.69 Å². The molecule has 0 saturated carbocycles. The van der Waals surface area contributed by atoms with Crippen LogP contribution in [0.2, 0.25) is 0 Å². The summed E-state index contributed by atoms with van der Waals surface area (Å²) in [5, 5.41) is 0. The highest BCUT2D eigenvalue weighted by atomic mass is 16.5. The molecule has 4 aromatic rings. The minimum Gasteiger partial charge on any atom is -0.493 e. The lowest BCUT2D eigenvalue weighted by Crippen LogP contribution is -2.29. The van der Waals surface area contributed by atoms with Crippen molar-refractivity contribution in [2.45, 2.75) is 13.5 Å². The van der Waals surface area contributed by atoms with Crippen molar-refractivity contribution in [3.63, 3.8) is 0 Å². The number of rotatable bonds is 8. The zero-order chi connectivity index (χ0) is 27.4. The van der Waals surface area contributed by atoms with Gasteiger partial charge >= 0.3 is 5.97 Å². The Bertz CT molecular complexity index is 1550. The number of benzene rings is 4. The summed E-state index contributed by atoms with van der Waals surface area (Å²) in [5.74, 6) is 0.0713. The monoisotopic (exact) mass is 519 g/mol. The maximum Gasteiger partial charge on any atom is 0.336 e. The van der Waals surface area contributed by atoms with Gasteiger partial charge in [0.1, 0.15) is 12.4 Å². The van der Waals surface area contributed by atoms with Gasteiger partial charge in [-0.05, 0) is 78.2 Å². The fourth-order valence-corrected chi connectivity index (χ4v) is 4.24. The minimum absolute atomic E-state index is 0.280. The molecule has 0 radical (unpaired) electrons. The molecule has 0 fully saturated rings. The number of nitrogens with zero attached hydrogens (tertiary/aromatic N) is 1. The molecule has 0 N–H and O–H groups in total. The van der Waals surface area contributed by atoms with Gasteiger partial charge in [-0.3, -0.25) is 9.59 Å². The number of carbonyl (C=O) groups excluding carboxylic acids is 3. The first-order chi connectivity index (χ1) is 18.9. The molecule has 0 bridgehead atoms. The predicted octanol–water partition coefficient (Wildman–Crippen LogP) is 6.00. The lowest BCUT2D eigenvalue weighted by molar-refractivity contribution is -0.128.